The Balaban J connectivity index is 2.07. The summed E-state index contributed by atoms with van der Waals surface area (Å²) in [7, 11) is -2.46. The van der Waals surface area contributed by atoms with Gasteiger partial charge in [-0.05, 0) is 48.7 Å². The Morgan fingerprint density at radius 1 is 0.950 bits per heavy atom. The molecule has 214 valence electrons. The lowest BCUT2D eigenvalue weighted by atomic mass is 10.0. The number of carbonyl (C=O) groups is 2. The van der Waals surface area contributed by atoms with Crippen molar-refractivity contribution in [1.29, 1.82) is 0 Å². The van der Waals surface area contributed by atoms with E-state index >= 15 is 0 Å². The monoisotopic (exact) mass is 585 g/mol. The SMILES string of the molecule is CCC(C)NC(=O)C(Cc1ccccc1)N(Cc1ccc(Cl)cc1)C(=O)CN(c1ccccc1OC)S(C)(=O)=O. The Kier molecular flexibility index (Phi) is 11.0. The van der Waals surface area contributed by atoms with Gasteiger partial charge in [0.15, 0.2) is 0 Å². The lowest BCUT2D eigenvalue weighted by molar-refractivity contribution is -0.140. The molecule has 2 amide bonds. The third-order valence-corrected chi connectivity index (χ3v) is 7.95. The van der Waals surface area contributed by atoms with E-state index in [-0.39, 0.29) is 30.6 Å². The van der Waals surface area contributed by atoms with Crippen molar-refractivity contribution < 1.29 is 22.7 Å². The van der Waals surface area contributed by atoms with Gasteiger partial charge < -0.3 is 15.0 Å². The fraction of sp³-hybridized carbons (Fsp3) is 0.333. The maximum Gasteiger partial charge on any atom is 0.244 e. The molecular formula is C30H36ClN3O5S. The number of hydrogen-bond donors (Lipinski definition) is 1. The van der Waals surface area contributed by atoms with Crippen molar-refractivity contribution in [2.45, 2.75) is 45.3 Å². The van der Waals surface area contributed by atoms with Gasteiger partial charge in [0.25, 0.3) is 0 Å². The molecule has 0 saturated carbocycles. The number of halogens is 1. The highest BCUT2D eigenvalue weighted by Gasteiger charge is 2.34. The Hall–Kier alpha value is -3.56. The molecule has 0 heterocycles. The van der Waals surface area contributed by atoms with Gasteiger partial charge >= 0.3 is 0 Å². The van der Waals surface area contributed by atoms with E-state index in [2.05, 4.69) is 5.32 Å². The van der Waals surface area contributed by atoms with Gasteiger partial charge in [0.2, 0.25) is 21.8 Å². The number of benzene rings is 3. The van der Waals surface area contributed by atoms with Crippen LogP contribution in [0.25, 0.3) is 0 Å². The maximum atomic E-state index is 14.1. The van der Waals surface area contributed by atoms with Gasteiger partial charge in [0.1, 0.15) is 18.3 Å². The van der Waals surface area contributed by atoms with E-state index < -0.39 is 28.5 Å². The van der Waals surface area contributed by atoms with Crippen LogP contribution in [0.3, 0.4) is 0 Å². The standard InChI is InChI=1S/C30H36ClN3O5S/c1-5-22(2)32-30(36)27(19-23-11-7-6-8-12-23)33(20-24-15-17-25(31)18-16-24)29(35)21-34(40(4,37)38)26-13-9-10-14-28(26)39-3/h6-18,22,27H,5,19-21H2,1-4H3,(H,32,36). The van der Waals surface area contributed by atoms with Crippen LogP contribution in [0, 0.1) is 0 Å². The first-order valence-electron chi connectivity index (χ1n) is 13.0. The maximum absolute atomic E-state index is 14.1. The molecule has 3 aromatic carbocycles. The summed E-state index contributed by atoms with van der Waals surface area (Å²) in [4.78, 5) is 29.2. The number of amides is 2. The summed E-state index contributed by atoms with van der Waals surface area (Å²) >= 11 is 6.09. The Morgan fingerprint density at radius 2 is 1.57 bits per heavy atom. The normalized spacial score (nSPS) is 12.7. The summed E-state index contributed by atoms with van der Waals surface area (Å²) in [6.45, 7) is 3.42. The quantitative estimate of drug-likeness (QED) is 0.314. The molecule has 0 spiro atoms. The van der Waals surface area contributed by atoms with Gasteiger partial charge in [-0.2, -0.15) is 0 Å². The molecule has 0 fully saturated rings. The van der Waals surface area contributed by atoms with Gasteiger partial charge in [0.05, 0.1) is 19.1 Å². The number of carbonyl (C=O) groups excluding carboxylic acids is 2. The predicted octanol–water partition coefficient (Wildman–Crippen LogP) is 4.67. The van der Waals surface area contributed by atoms with Crippen molar-refractivity contribution in [2.24, 2.45) is 0 Å². The van der Waals surface area contributed by atoms with Crippen molar-refractivity contribution in [3.63, 3.8) is 0 Å². The van der Waals surface area contributed by atoms with Gasteiger partial charge in [-0.15, -0.1) is 0 Å². The third-order valence-electron chi connectivity index (χ3n) is 6.57. The van der Waals surface area contributed by atoms with E-state index in [4.69, 9.17) is 16.3 Å². The molecule has 3 rings (SSSR count). The van der Waals surface area contributed by atoms with Crippen LogP contribution in [0.1, 0.15) is 31.4 Å². The molecule has 1 N–H and O–H groups in total. The molecule has 0 radical (unpaired) electrons. The first-order valence-corrected chi connectivity index (χ1v) is 15.2. The second kappa shape index (κ2) is 14.2. The van der Waals surface area contributed by atoms with Crippen molar-refractivity contribution in [3.8, 4) is 5.75 Å². The van der Waals surface area contributed by atoms with Crippen molar-refractivity contribution in [1.82, 2.24) is 10.2 Å². The fourth-order valence-corrected chi connectivity index (χ4v) is 5.19. The van der Waals surface area contributed by atoms with E-state index in [1.165, 1.54) is 12.0 Å². The minimum Gasteiger partial charge on any atom is -0.495 e. The molecule has 2 atom stereocenters. The largest absolute Gasteiger partial charge is 0.495 e. The average molecular weight is 586 g/mol. The molecule has 0 aromatic heterocycles. The van der Waals surface area contributed by atoms with Crippen LogP contribution in [0.2, 0.25) is 5.02 Å². The Bertz CT molecular complexity index is 1380. The molecule has 3 aromatic rings. The summed E-state index contributed by atoms with van der Waals surface area (Å²) in [6.07, 6.45) is 1.99. The van der Waals surface area contributed by atoms with Crippen LogP contribution in [-0.2, 0) is 32.6 Å². The number of rotatable bonds is 13. The average Bonchev–Trinajstić information content (AvgIpc) is 2.94. The second-order valence-corrected chi connectivity index (χ2v) is 12.0. The summed E-state index contributed by atoms with van der Waals surface area (Å²) in [5, 5.41) is 3.55. The summed E-state index contributed by atoms with van der Waals surface area (Å²) in [6, 6.07) is 22.0. The van der Waals surface area contributed by atoms with Gasteiger partial charge in [0, 0.05) is 24.0 Å². The molecule has 0 saturated heterocycles. The lowest BCUT2D eigenvalue weighted by Gasteiger charge is -2.34. The van der Waals surface area contributed by atoms with Gasteiger partial charge in [-0.1, -0.05) is 73.1 Å². The molecule has 0 aliphatic heterocycles. The van der Waals surface area contributed by atoms with Crippen molar-refractivity contribution in [3.05, 3.63) is 95.0 Å². The number of nitrogens with one attached hydrogen (secondary N) is 1. The molecule has 2 unspecified atom stereocenters. The van der Waals surface area contributed by atoms with Crippen LogP contribution < -0.4 is 14.4 Å². The highest BCUT2D eigenvalue weighted by Crippen LogP contribution is 2.30. The second-order valence-electron chi connectivity index (χ2n) is 9.61. The third kappa shape index (κ3) is 8.47. The topological polar surface area (TPSA) is 96.0 Å². The van der Waals surface area contributed by atoms with E-state index in [1.54, 1.807) is 48.5 Å². The first-order chi connectivity index (χ1) is 19.0. The minimum absolute atomic E-state index is 0.0744. The number of para-hydroxylation sites is 2. The summed E-state index contributed by atoms with van der Waals surface area (Å²) in [5.41, 5.74) is 1.84. The minimum atomic E-state index is -3.90. The first kappa shape index (κ1) is 31.0. The Labute approximate surface area is 241 Å². The number of ether oxygens (including phenoxy) is 1. The van der Waals surface area contributed by atoms with Crippen molar-refractivity contribution >= 4 is 39.1 Å². The van der Waals surface area contributed by atoms with Crippen LogP contribution in [-0.4, -0.2) is 57.1 Å². The van der Waals surface area contributed by atoms with Crippen LogP contribution >= 0.6 is 11.6 Å². The van der Waals surface area contributed by atoms with E-state index in [0.29, 0.717) is 17.2 Å². The van der Waals surface area contributed by atoms with Gasteiger partial charge in [-0.25, -0.2) is 8.42 Å². The van der Waals surface area contributed by atoms with E-state index in [1.807, 2.05) is 44.2 Å². The summed E-state index contributed by atoms with van der Waals surface area (Å²) < 4.78 is 32.3. The molecule has 40 heavy (non-hydrogen) atoms. The van der Waals surface area contributed by atoms with Crippen LogP contribution in [0.4, 0.5) is 5.69 Å². The zero-order valence-corrected chi connectivity index (χ0v) is 24.8. The van der Waals surface area contributed by atoms with Crippen LogP contribution in [0.15, 0.2) is 78.9 Å². The number of hydrogen-bond acceptors (Lipinski definition) is 5. The number of anilines is 1. The fourth-order valence-electron chi connectivity index (χ4n) is 4.21. The molecule has 10 heteroatoms. The van der Waals surface area contributed by atoms with Gasteiger partial charge in [-0.3, -0.25) is 13.9 Å². The van der Waals surface area contributed by atoms with E-state index in [9.17, 15) is 18.0 Å². The molecule has 0 bridgehead atoms. The molecule has 0 aliphatic carbocycles. The lowest BCUT2D eigenvalue weighted by Crippen LogP contribution is -2.54. The highest BCUT2D eigenvalue weighted by molar-refractivity contribution is 7.92. The molecule has 0 aliphatic rings. The zero-order valence-electron chi connectivity index (χ0n) is 23.2. The summed E-state index contributed by atoms with van der Waals surface area (Å²) in [5.74, 6) is -0.546. The molecular weight excluding hydrogens is 550 g/mol. The molecule has 8 nitrogen and oxygen atoms in total. The predicted molar refractivity (Wildman–Crippen MR) is 159 cm³/mol. The number of methoxy groups -OCH3 is 1. The van der Waals surface area contributed by atoms with Crippen molar-refractivity contribution in [2.75, 3.05) is 24.2 Å². The Morgan fingerprint density at radius 3 is 2.17 bits per heavy atom. The zero-order chi connectivity index (χ0) is 29.3. The highest BCUT2D eigenvalue weighted by atomic mass is 35.5. The van der Waals surface area contributed by atoms with Crippen LogP contribution in [0.5, 0.6) is 5.75 Å². The number of sulfonamides is 1. The van der Waals surface area contributed by atoms with E-state index in [0.717, 1.165) is 21.7 Å². The smallest absolute Gasteiger partial charge is 0.244 e. The number of nitrogens with zero attached hydrogens (tertiary/aromatic N) is 2.